The molecular weight excluding hydrogens is 294 g/mol. The van der Waals surface area contributed by atoms with Crippen molar-refractivity contribution in [3.63, 3.8) is 0 Å². The van der Waals surface area contributed by atoms with Gasteiger partial charge >= 0.3 is 0 Å². The molecule has 0 aliphatic rings. The van der Waals surface area contributed by atoms with Crippen molar-refractivity contribution < 1.29 is 4.79 Å². The van der Waals surface area contributed by atoms with Crippen LogP contribution in [0.3, 0.4) is 0 Å². The van der Waals surface area contributed by atoms with Crippen LogP contribution >= 0.6 is 0 Å². The predicted molar refractivity (Wildman–Crippen MR) is 99.1 cm³/mol. The van der Waals surface area contributed by atoms with E-state index in [1.165, 1.54) is 0 Å². The van der Waals surface area contributed by atoms with E-state index >= 15 is 0 Å². The molecule has 0 unspecified atom stereocenters. The van der Waals surface area contributed by atoms with Gasteiger partial charge in [-0.1, -0.05) is 84.9 Å². The molecule has 3 rings (SSSR count). The van der Waals surface area contributed by atoms with E-state index in [0.717, 1.165) is 16.7 Å². The van der Waals surface area contributed by atoms with Gasteiger partial charge in [-0.15, -0.1) is 0 Å². The molecule has 2 nitrogen and oxygen atoms in total. The molecule has 0 saturated carbocycles. The molecule has 24 heavy (non-hydrogen) atoms. The first-order valence-electron chi connectivity index (χ1n) is 7.83. The molecule has 1 radical (unpaired) electrons. The van der Waals surface area contributed by atoms with Gasteiger partial charge in [-0.3, -0.25) is 4.79 Å². The molecule has 0 aliphatic heterocycles. The van der Waals surface area contributed by atoms with E-state index in [2.05, 4.69) is 23.5 Å². The molecule has 117 valence electrons. The second-order valence-corrected chi connectivity index (χ2v) is 5.39. The van der Waals surface area contributed by atoms with Crippen molar-refractivity contribution in [2.24, 2.45) is 0 Å². The molecule has 1 amide bonds. The lowest BCUT2D eigenvalue weighted by Crippen LogP contribution is -2.20. The Bertz CT molecular complexity index is 806. The number of amides is 1. The van der Waals surface area contributed by atoms with E-state index in [1.54, 1.807) is 6.54 Å². The fraction of sp³-hybridized carbons (Fsp3) is 0. The highest BCUT2D eigenvalue weighted by Crippen LogP contribution is 2.10. The van der Waals surface area contributed by atoms with Gasteiger partial charge in [0, 0.05) is 5.56 Å². The summed E-state index contributed by atoms with van der Waals surface area (Å²) in [5.74, 6) is -0.113. The van der Waals surface area contributed by atoms with Crippen molar-refractivity contribution in [1.82, 2.24) is 5.32 Å². The van der Waals surface area contributed by atoms with Gasteiger partial charge in [-0.25, -0.2) is 0 Å². The van der Waals surface area contributed by atoms with Gasteiger partial charge in [0.05, 0.1) is 6.54 Å². The summed E-state index contributed by atoms with van der Waals surface area (Å²) in [7, 11) is 0. The first-order valence-corrected chi connectivity index (χ1v) is 7.83. The maximum Gasteiger partial charge on any atom is 0.251 e. The Hall–Kier alpha value is -3.13. The fourth-order valence-electron chi connectivity index (χ4n) is 2.28. The summed E-state index contributed by atoms with van der Waals surface area (Å²) in [6, 6.07) is 27.4. The summed E-state index contributed by atoms with van der Waals surface area (Å²) >= 11 is 0. The Kier molecular flexibility index (Phi) is 5.21. The van der Waals surface area contributed by atoms with Gasteiger partial charge in [-0.2, -0.15) is 0 Å². The first-order chi connectivity index (χ1) is 11.8. The maximum atomic E-state index is 12.1. The van der Waals surface area contributed by atoms with Crippen molar-refractivity contribution >= 4 is 18.1 Å². The molecule has 0 aliphatic carbocycles. The van der Waals surface area contributed by atoms with Crippen LogP contribution in [-0.4, -0.2) is 5.91 Å². The molecule has 0 aromatic heterocycles. The smallest absolute Gasteiger partial charge is 0.251 e. The van der Waals surface area contributed by atoms with E-state index in [-0.39, 0.29) is 5.91 Å². The van der Waals surface area contributed by atoms with Gasteiger partial charge in [0.1, 0.15) is 0 Å². The average molecular weight is 312 g/mol. The van der Waals surface area contributed by atoms with Crippen molar-refractivity contribution in [3.8, 4) is 0 Å². The zero-order valence-corrected chi connectivity index (χ0v) is 13.2. The van der Waals surface area contributed by atoms with Crippen molar-refractivity contribution in [2.75, 3.05) is 0 Å². The van der Waals surface area contributed by atoms with Crippen LogP contribution in [0, 0.1) is 6.54 Å². The zero-order chi connectivity index (χ0) is 16.6. The summed E-state index contributed by atoms with van der Waals surface area (Å²) in [5, 5.41) is 2.81. The Balaban J connectivity index is 1.59. The maximum absolute atomic E-state index is 12.1. The number of rotatable bonds is 5. The number of nitrogens with one attached hydrogen (secondary N) is 1. The predicted octanol–water partition coefficient (Wildman–Crippen LogP) is 4.80. The topological polar surface area (TPSA) is 29.1 Å². The van der Waals surface area contributed by atoms with Crippen LogP contribution in [0.4, 0.5) is 0 Å². The van der Waals surface area contributed by atoms with E-state index in [1.807, 2.05) is 78.9 Å². The van der Waals surface area contributed by atoms with Crippen molar-refractivity contribution in [3.05, 3.63) is 114 Å². The summed E-state index contributed by atoms with van der Waals surface area (Å²) < 4.78 is 0. The average Bonchev–Trinajstić information content (AvgIpc) is 2.66. The number of carbonyl (C=O) groups is 1. The van der Waals surface area contributed by atoms with Gasteiger partial charge in [-0.05, 0) is 28.8 Å². The molecule has 0 heterocycles. The van der Waals surface area contributed by atoms with Crippen LogP contribution in [0.5, 0.6) is 0 Å². The monoisotopic (exact) mass is 312 g/mol. The molecule has 3 aromatic carbocycles. The van der Waals surface area contributed by atoms with E-state index in [0.29, 0.717) is 5.56 Å². The highest BCUT2D eigenvalue weighted by atomic mass is 16.1. The third-order valence-electron chi connectivity index (χ3n) is 3.61. The quantitative estimate of drug-likeness (QED) is 0.674. The molecule has 1 N–H and O–H groups in total. The number of carbonyl (C=O) groups excluding carboxylic acids is 1. The summed E-state index contributed by atoms with van der Waals surface area (Å²) in [4.78, 5) is 12.1. The van der Waals surface area contributed by atoms with Crippen LogP contribution in [0.2, 0.25) is 0 Å². The lowest BCUT2D eigenvalue weighted by molar-refractivity contribution is 0.0965. The van der Waals surface area contributed by atoms with E-state index in [4.69, 9.17) is 0 Å². The highest BCUT2D eigenvalue weighted by Gasteiger charge is 2.04. The largest absolute Gasteiger partial charge is 0.343 e. The number of hydrogen-bond acceptors (Lipinski definition) is 1. The minimum Gasteiger partial charge on any atom is -0.343 e. The van der Waals surface area contributed by atoms with Crippen molar-refractivity contribution in [1.29, 1.82) is 0 Å². The SMILES string of the molecule is O=C(N[CH]c1ccccc1)c1ccc(C=Cc2ccccc2)cc1. The molecule has 0 saturated heterocycles. The summed E-state index contributed by atoms with van der Waals surface area (Å²) in [6.07, 6.45) is 4.09. The Morgan fingerprint density at radius 3 is 1.71 bits per heavy atom. The lowest BCUT2D eigenvalue weighted by Gasteiger charge is -2.05. The lowest BCUT2D eigenvalue weighted by atomic mass is 10.1. The van der Waals surface area contributed by atoms with Gasteiger partial charge in [0.25, 0.3) is 5.91 Å². The molecule has 0 fully saturated rings. The molecular formula is C22H18NO. The van der Waals surface area contributed by atoms with Crippen LogP contribution in [0.1, 0.15) is 27.0 Å². The van der Waals surface area contributed by atoms with Crippen LogP contribution in [0.25, 0.3) is 12.2 Å². The summed E-state index contributed by atoms with van der Waals surface area (Å²) in [5.41, 5.74) is 3.81. The van der Waals surface area contributed by atoms with Gasteiger partial charge in [0.2, 0.25) is 0 Å². The van der Waals surface area contributed by atoms with Crippen LogP contribution < -0.4 is 5.32 Å². The summed E-state index contributed by atoms with van der Waals surface area (Å²) in [6.45, 7) is 1.71. The fourth-order valence-corrected chi connectivity index (χ4v) is 2.28. The van der Waals surface area contributed by atoms with Crippen molar-refractivity contribution in [2.45, 2.75) is 0 Å². The third kappa shape index (κ3) is 4.43. The van der Waals surface area contributed by atoms with E-state index in [9.17, 15) is 4.79 Å². The number of hydrogen-bond donors (Lipinski definition) is 1. The first kappa shape index (κ1) is 15.8. The molecule has 3 aromatic rings. The Morgan fingerprint density at radius 2 is 1.12 bits per heavy atom. The standard InChI is InChI=1S/C22H18NO/c24-22(23-17-20-9-5-2-6-10-20)21-15-13-19(14-16-21)12-11-18-7-3-1-4-8-18/h1-17H,(H,23,24). The molecule has 2 heteroatoms. The van der Waals surface area contributed by atoms with Crippen LogP contribution in [0.15, 0.2) is 84.9 Å². The second kappa shape index (κ2) is 7.93. The number of benzene rings is 3. The second-order valence-electron chi connectivity index (χ2n) is 5.39. The highest BCUT2D eigenvalue weighted by molar-refractivity contribution is 5.95. The zero-order valence-electron chi connectivity index (χ0n) is 13.2. The molecule has 0 spiro atoms. The molecule has 0 bridgehead atoms. The van der Waals surface area contributed by atoms with Gasteiger partial charge < -0.3 is 5.32 Å². The Morgan fingerprint density at radius 1 is 0.625 bits per heavy atom. The minimum atomic E-state index is -0.113. The third-order valence-corrected chi connectivity index (χ3v) is 3.61. The van der Waals surface area contributed by atoms with E-state index < -0.39 is 0 Å². The minimum absolute atomic E-state index is 0.113. The normalized spacial score (nSPS) is 10.7. The Labute approximate surface area is 142 Å². The molecule has 0 atom stereocenters. The van der Waals surface area contributed by atoms with Gasteiger partial charge in [0.15, 0.2) is 0 Å². The van der Waals surface area contributed by atoms with Crippen LogP contribution in [-0.2, 0) is 0 Å².